The fraction of sp³-hybridized carbons (Fsp3) is 0.800. The Kier molecular flexibility index (Phi) is 4.99. The lowest BCUT2D eigenvalue weighted by Crippen LogP contribution is -2.15. The molecule has 0 amide bonds. The van der Waals surface area contributed by atoms with Crippen LogP contribution in [0.4, 0.5) is 13.2 Å². The maximum absolute atomic E-state index is 11.9. The number of rotatable bonds is 3. The summed E-state index contributed by atoms with van der Waals surface area (Å²) in [7, 11) is 0. The molecule has 0 bridgehead atoms. The minimum Gasteiger partial charge on any atom is -0.324 e. The van der Waals surface area contributed by atoms with Crippen LogP contribution in [0.2, 0.25) is 0 Å². The van der Waals surface area contributed by atoms with E-state index in [4.69, 9.17) is 5.73 Å². The summed E-state index contributed by atoms with van der Waals surface area (Å²) in [6.07, 6.45) is 6.45. The fourth-order valence-corrected chi connectivity index (χ4v) is 2.30. The molecule has 1 nitrogen and oxygen atoms in total. The van der Waals surface area contributed by atoms with Gasteiger partial charge in [0.05, 0.1) is 0 Å². The molecule has 0 heterocycles. The first-order chi connectivity index (χ1) is 6.97. The highest BCUT2D eigenvalue weighted by atomic mass is 32.2. The van der Waals surface area contributed by atoms with E-state index < -0.39 is 5.51 Å². The van der Waals surface area contributed by atoms with Crippen molar-refractivity contribution in [3.63, 3.8) is 0 Å². The van der Waals surface area contributed by atoms with Gasteiger partial charge in [-0.3, -0.25) is 0 Å². The van der Waals surface area contributed by atoms with Crippen molar-refractivity contribution < 1.29 is 13.2 Å². The normalized spacial score (nSPS) is 23.5. The van der Waals surface area contributed by atoms with Gasteiger partial charge in [-0.1, -0.05) is 29.8 Å². The Bertz CT molecular complexity index is 225. The van der Waals surface area contributed by atoms with Gasteiger partial charge in [-0.05, 0) is 25.7 Å². The number of alkyl halides is 3. The number of thioether (sulfide) groups is 1. The van der Waals surface area contributed by atoms with Crippen LogP contribution in [0.5, 0.6) is 0 Å². The first kappa shape index (κ1) is 12.9. The van der Waals surface area contributed by atoms with E-state index in [1.165, 1.54) is 0 Å². The average Bonchev–Trinajstić information content (AvgIpc) is 2.27. The van der Waals surface area contributed by atoms with Crippen LogP contribution in [0.15, 0.2) is 11.6 Å². The van der Waals surface area contributed by atoms with E-state index in [0.29, 0.717) is 6.42 Å². The van der Waals surface area contributed by atoms with Gasteiger partial charge in [-0.25, -0.2) is 0 Å². The largest absolute Gasteiger partial charge is 0.441 e. The molecule has 1 aliphatic rings. The van der Waals surface area contributed by atoms with Gasteiger partial charge in [-0.15, -0.1) is 0 Å². The van der Waals surface area contributed by atoms with Crippen molar-refractivity contribution in [3.05, 3.63) is 11.6 Å². The van der Waals surface area contributed by atoms with Crippen molar-refractivity contribution in [1.82, 2.24) is 0 Å². The molecular formula is C10H16F3NS. The zero-order valence-corrected chi connectivity index (χ0v) is 9.33. The Hall–Kier alpha value is -0.160. The molecule has 0 radical (unpaired) electrons. The zero-order chi connectivity index (χ0) is 11.3. The highest BCUT2D eigenvalue weighted by molar-refractivity contribution is 8.00. The van der Waals surface area contributed by atoms with E-state index in [1.807, 2.05) is 6.08 Å². The second kappa shape index (κ2) is 5.80. The molecule has 0 saturated heterocycles. The van der Waals surface area contributed by atoms with Crippen LogP contribution in [-0.2, 0) is 0 Å². The lowest BCUT2D eigenvalue weighted by Gasteiger charge is -2.08. The Balaban J connectivity index is 2.30. The van der Waals surface area contributed by atoms with Crippen molar-refractivity contribution in [2.45, 2.75) is 43.7 Å². The zero-order valence-electron chi connectivity index (χ0n) is 8.52. The first-order valence-electron chi connectivity index (χ1n) is 5.13. The summed E-state index contributed by atoms with van der Waals surface area (Å²) < 4.78 is 35.7. The minimum absolute atomic E-state index is 0.0402. The van der Waals surface area contributed by atoms with Gasteiger partial charge in [0.1, 0.15) is 0 Å². The lowest BCUT2D eigenvalue weighted by molar-refractivity contribution is -0.0327. The fourth-order valence-electron chi connectivity index (χ4n) is 1.71. The number of hydrogen-bond donors (Lipinski definition) is 1. The van der Waals surface area contributed by atoms with Gasteiger partial charge in [0, 0.05) is 11.8 Å². The van der Waals surface area contributed by atoms with Crippen molar-refractivity contribution in [2.75, 3.05) is 5.75 Å². The summed E-state index contributed by atoms with van der Waals surface area (Å²) in [5, 5.41) is 0. The predicted octanol–water partition coefficient (Wildman–Crippen LogP) is 3.46. The lowest BCUT2D eigenvalue weighted by atomic mass is 10.1. The number of halogens is 3. The van der Waals surface area contributed by atoms with E-state index in [2.05, 4.69) is 0 Å². The summed E-state index contributed by atoms with van der Waals surface area (Å²) in [5.41, 5.74) is 2.77. The third kappa shape index (κ3) is 6.10. The smallest absolute Gasteiger partial charge is 0.324 e. The molecule has 0 aromatic carbocycles. The SMILES string of the molecule is NC1C=C(CCSC(F)(F)F)CCCC1. The molecule has 88 valence electrons. The van der Waals surface area contributed by atoms with E-state index in [9.17, 15) is 13.2 Å². The molecule has 0 fully saturated rings. The van der Waals surface area contributed by atoms with Crippen molar-refractivity contribution in [2.24, 2.45) is 5.73 Å². The summed E-state index contributed by atoms with van der Waals surface area (Å²) >= 11 is 0.0536. The third-order valence-corrected chi connectivity index (χ3v) is 3.16. The first-order valence-corrected chi connectivity index (χ1v) is 6.12. The van der Waals surface area contributed by atoms with Crippen LogP contribution >= 0.6 is 11.8 Å². The van der Waals surface area contributed by atoms with E-state index >= 15 is 0 Å². The van der Waals surface area contributed by atoms with E-state index in [-0.39, 0.29) is 23.6 Å². The molecule has 0 aliphatic heterocycles. The molecule has 1 aliphatic carbocycles. The number of allylic oxidation sites excluding steroid dienone is 1. The van der Waals surface area contributed by atoms with E-state index in [0.717, 1.165) is 31.3 Å². The van der Waals surface area contributed by atoms with E-state index in [1.54, 1.807) is 0 Å². The van der Waals surface area contributed by atoms with Gasteiger partial charge in [0.15, 0.2) is 0 Å². The van der Waals surface area contributed by atoms with Crippen LogP contribution < -0.4 is 5.73 Å². The summed E-state index contributed by atoms with van der Waals surface area (Å²) in [5.74, 6) is 0.113. The Morgan fingerprint density at radius 2 is 2.13 bits per heavy atom. The highest BCUT2D eigenvalue weighted by Gasteiger charge is 2.27. The van der Waals surface area contributed by atoms with Crippen LogP contribution in [0.3, 0.4) is 0 Å². The standard InChI is InChI=1S/C10H16F3NS/c11-10(12,13)15-6-5-8-3-1-2-4-9(14)7-8/h7,9H,1-6,14H2. The second-order valence-corrected chi connectivity index (χ2v) is 4.94. The molecule has 0 saturated carbocycles. The van der Waals surface area contributed by atoms with Gasteiger partial charge >= 0.3 is 5.51 Å². The van der Waals surface area contributed by atoms with Gasteiger partial charge in [0.2, 0.25) is 0 Å². The molecule has 1 atom stereocenters. The van der Waals surface area contributed by atoms with Gasteiger partial charge < -0.3 is 5.73 Å². The number of hydrogen-bond acceptors (Lipinski definition) is 2. The van der Waals surface area contributed by atoms with Crippen molar-refractivity contribution >= 4 is 11.8 Å². The summed E-state index contributed by atoms with van der Waals surface area (Å²) in [4.78, 5) is 0. The minimum atomic E-state index is -4.10. The van der Waals surface area contributed by atoms with Crippen LogP contribution in [0, 0.1) is 0 Å². The molecule has 1 unspecified atom stereocenters. The van der Waals surface area contributed by atoms with Gasteiger partial charge in [-0.2, -0.15) is 13.2 Å². The molecular weight excluding hydrogens is 223 g/mol. The molecule has 1 rings (SSSR count). The molecule has 0 aromatic heterocycles. The average molecular weight is 239 g/mol. The second-order valence-electron chi connectivity index (χ2n) is 3.78. The Labute approximate surface area is 92.3 Å². The molecule has 0 spiro atoms. The highest BCUT2D eigenvalue weighted by Crippen LogP contribution is 2.32. The Morgan fingerprint density at radius 3 is 2.80 bits per heavy atom. The van der Waals surface area contributed by atoms with Crippen LogP contribution in [0.25, 0.3) is 0 Å². The summed E-state index contributed by atoms with van der Waals surface area (Å²) in [6, 6.07) is 0.0402. The maximum atomic E-state index is 11.9. The predicted molar refractivity (Wildman–Crippen MR) is 57.7 cm³/mol. The topological polar surface area (TPSA) is 26.0 Å². The molecule has 0 aromatic rings. The van der Waals surface area contributed by atoms with Crippen LogP contribution in [0.1, 0.15) is 32.1 Å². The molecule has 15 heavy (non-hydrogen) atoms. The molecule has 5 heteroatoms. The third-order valence-electron chi connectivity index (χ3n) is 2.42. The maximum Gasteiger partial charge on any atom is 0.441 e. The quantitative estimate of drug-likeness (QED) is 0.763. The van der Waals surface area contributed by atoms with Crippen molar-refractivity contribution in [3.8, 4) is 0 Å². The van der Waals surface area contributed by atoms with Gasteiger partial charge in [0.25, 0.3) is 0 Å². The summed E-state index contributed by atoms with van der Waals surface area (Å²) in [6.45, 7) is 0. The van der Waals surface area contributed by atoms with Crippen molar-refractivity contribution in [1.29, 1.82) is 0 Å². The van der Waals surface area contributed by atoms with Crippen LogP contribution in [-0.4, -0.2) is 17.3 Å². The number of nitrogens with two attached hydrogens (primary N) is 1. The molecule has 2 N–H and O–H groups in total. The monoisotopic (exact) mass is 239 g/mol. The Morgan fingerprint density at radius 1 is 1.40 bits per heavy atom.